The Bertz CT molecular complexity index is 463. The molecule has 1 heterocycles. The summed E-state index contributed by atoms with van der Waals surface area (Å²) in [7, 11) is 1.53. The van der Waals surface area contributed by atoms with Crippen molar-refractivity contribution in [2.45, 2.75) is 25.8 Å². The van der Waals surface area contributed by atoms with Gasteiger partial charge in [0.15, 0.2) is 0 Å². The van der Waals surface area contributed by atoms with E-state index in [9.17, 15) is 9.59 Å². The standard InChI is InChI=1S/C11H15N3O2/c1-7(8-3-4-8)12-11(16)9-5-6-10(15)14(2)13-9/h5-8H,3-4H2,1-2H3,(H,12,16)/t7-/m0/s1. The first-order chi connectivity index (χ1) is 7.58. The van der Waals surface area contributed by atoms with Crippen LogP contribution in [0.25, 0.3) is 0 Å². The number of rotatable bonds is 3. The van der Waals surface area contributed by atoms with Gasteiger partial charge in [0.1, 0.15) is 5.69 Å². The first-order valence-corrected chi connectivity index (χ1v) is 5.43. The van der Waals surface area contributed by atoms with Crippen molar-refractivity contribution in [1.82, 2.24) is 15.1 Å². The lowest BCUT2D eigenvalue weighted by atomic mass is 10.2. The van der Waals surface area contributed by atoms with Crippen LogP contribution in [-0.4, -0.2) is 21.7 Å². The molecule has 0 unspecified atom stereocenters. The molecular formula is C11H15N3O2. The molecular weight excluding hydrogens is 206 g/mol. The minimum atomic E-state index is -0.216. The van der Waals surface area contributed by atoms with Gasteiger partial charge in [0, 0.05) is 19.2 Å². The summed E-state index contributed by atoms with van der Waals surface area (Å²) in [6.45, 7) is 2.00. The third-order valence-corrected chi connectivity index (χ3v) is 2.88. The van der Waals surface area contributed by atoms with Gasteiger partial charge in [-0.15, -0.1) is 0 Å². The van der Waals surface area contributed by atoms with Gasteiger partial charge >= 0.3 is 0 Å². The molecule has 1 aliphatic rings. The summed E-state index contributed by atoms with van der Waals surface area (Å²) in [6.07, 6.45) is 2.37. The number of carbonyl (C=O) groups is 1. The fraction of sp³-hybridized carbons (Fsp3) is 0.545. The van der Waals surface area contributed by atoms with E-state index in [2.05, 4.69) is 10.4 Å². The number of nitrogens with one attached hydrogen (secondary N) is 1. The van der Waals surface area contributed by atoms with Crippen LogP contribution >= 0.6 is 0 Å². The smallest absolute Gasteiger partial charge is 0.271 e. The summed E-state index contributed by atoms with van der Waals surface area (Å²) in [5.41, 5.74) is 0.0707. The van der Waals surface area contributed by atoms with E-state index in [0.29, 0.717) is 5.92 Å². The second kappa shape index (κ2) is 4.08. The van der Waals surface area contributed by atoms with Gasteiger partial charge in [0.25, 0.3) is 11.5 Å². The molecule has 0 aliphatic heterocycles. The Kier molecular flexibility index (Phi) is 2.77. The van der Waals surface area contributed by atoms with Crippen molar-refractivity contribution < 1.29 is 4.79 Å². The van der Waals surface area contributed by atoms with Crippen LogP contribution in [0, 0.1) is 5.92 Å². The molecule has 1 aromatic rings. The number of hydrogen-bond donors (Lipinski definition) is 1. The zero-order valence-electron chi connectivity index (χ0n) is 9.43. The van der Waals surface area contributed by atoms with Gasteiger partial charge in [0.2, 0.25) is 0 Å². The molecule has 1 N–H and O–H groups in total. The second-order valence-corrected chi connectivity index (χ2v) is 4.28. The van der Waals surface area contributed by atoms with Crippen molar-refractivity contribution in [1.29, 1.82) is 0 Å². The third kappa shape index (κ3) is 2.29. The van der Waals surface area contributed by atoms with Crippen molar-refractivity contribution in [2.75, 3.05) is 0 Å². The molecule has 1 aliphatic carbocycles. The monoisotopic (exact) mass is 221 g/mol. The van der Waals surface area contributed by atoms with E-state index in [1.807, 2.05) is 6.92 Å². The summed E-state index contributed by atoms with van der Waals surface area (Å²) in [5.74, 6) is 0.395. The lowest BCUT2D eigenvalue weighted by Crippen LogP contribution is -2.35. The molecule has 86 valence electrons. The number of aryl methyl sites for hydroxylation is 1. The van der Waals surface area contributed by atoms with Gasteiger partial charge in [0.05, 0.1) is 0 Å². The summed E-state index contributed by atoms with van der Waals surface area (Å²) < 4.78 is 1.16. The van der Waals surface area contributed by atoms with E-state index in [1.165, 1.54) is 32.0 Å². The fourth-order valence-corrected chi connectivity index (χ4v) is 1.62. The van der Waals surface area contributed by atoms with Crippen LogP contribution in [0.5, 0.6) is 0 Å². The molecule has 1 fully saturated rings. The molecule has 1 aromatic heterocycles. The molecule has 5 nitrogen and oxygen atoms in total. The molecule has 16 heavy (non-hydrogen) atoms. The van der Waals surface area contributed by atoms with Crippen molar-refractivity contribution in [2.24, 2.45) is 13.0 Å². The highest BCUT2D eigenvalue weighted by atomic mass is 16.2. The molecule has 1 atom stereocenters. The Morgan fingerprint density at radius 1 is 1.56 bits per heavy atom. The quantitative estimate of drug-likeness (QED) is 0.799. The lowest BCUT2D eigenvalue weighted by Gasteiger charge is -2.12. The highest BCUT2D eigenvalue weighted by Crippen LogP contribution is 2.32. The molecule has 0 spiro atoms. The zero-order valence-corrected chi connectivity index (χ0v) is 9.43. The van der Waals surface area contributed by atoms with Gasteiger partial charge in [-0.3, -0.25) is 9.59 Å². The Hall–Kier alpha value is -1.65. The van der Waals surface area contributed by atoms with E-state index in [-0.39, 0.29) is 23.2 Å². The first kappa shape index (κ1) is 10.9. The molecule has 0 saturated heterocycles. The zero-order chi connectivity index (χ0) is 11.7. The SMILES string of the molecule is C[C@H](NC(=O)c1ccc(=O)n(C)n1)C1CC1. The minimum absolute atomic E-state index is 0.187. The summed E-state index contributed by atoms with van der Waals surface area (Å²) in [6, 6.07) is 2.99. The van der Waals surface area contributed by atoms with Gasteiger partial charge in [-0.2, -0.15) is 5.10 Å². The summed E-state index contributed by atoms with van der Waals surface area (Å²) >= 11 is 0. The maximum Gasteiger partial charge on any atom is 0.271 e. The number of carbonyl (C=O) groups excluding carboxylic acids is 1. The maximum atomic E-state index is 11.8. The van der Waals surface area contributed by atoms with Gasteiger partial charge in [-0.1, -0.05) is 0 Å². The van der Waals surface area contributed by atoms with E-state index < -0.39 is 0 Å². The van der Waals surface area contributed by atoms with Gasteiger partial charge in [-0.25, -0.2) is 4.68 Å². The molecule has 2 rings (SSSR count). The van der Waals surface area contributed by atoms with Crippen LogP contribution in [0.15, 0.2) is 16.9 Å². The van der Waals surface area contributed by atoms with E-state index >= 15 is 0 Å². The maximum absolute atomic E-state index is 11.8. The van der Waals surface area contributed by atoms with E-state index in [4.69, 9.17) is 0 Å². The van der Waals surface area contributed by atoms with Crippen molar-refractivity contribution >= 4 is 5.91 Å². The largest absolute Gasteiger partial charge is 0.348 e. The second-order valence-electron chi connectivity index (χ2n) is 4.28. The lowest BCUT2D eigenvalue weighted by molar-refractivity contribution is 0.0928. The molecule has 0 radical (unpaired) electrons. The molecule has 0 aromatic carbocycles. The normalized spacial score (nSPS) is 16.9. The Balaban J connectivity index is 2.07. The van der Waals surface area contributed by atoms with E-state index in [1.54, 1.807) is 0 Å². The molecule has 0 bridgehead atoms. The predicted molar refractivity (Wildman–Crippen MR) is 59.1 cm³/mol. The van der Waals surface area contributed by atoms with Crippen LogP contribution < -0.4 is 10.9 Å². The highest BCUT2D eigenvalue weighted by Gasteiger charge is 2.29. The predicted octanol–water partition coefficient (Wildman–Crippen LogP) is 0.309. The van der Waals surface area contributed by atoms with Crippen LogP contribution in [0.3, 0.4) is 0 Å². The summed E-state index contributed by atoms with van der Waals surface area (Å²) in [4.78, 5) is 22.9. The number of aromatic nitrogens is 2. The van der Waals surface area contributed by atoms with Crippen LogP contribution in [0.4, 0.5) is 0 Å². The van der Waals surface area contributed by atoms with Gasteiger partial charge in [-0.05, 0) is 31.7 Å². The van der Waals surface area contributed by atoms with Gasteiger partial charge < -0.3 is 5.32 Å². The molecule has 1 saturated carbocycles. The average Bonchev–Trinajstić information content (AvgIpc) is 3.05. The summed E-state index contributed by atoms with van der Waals surface area (Å²) in [5, 5.41) is 6.79. The molecule has 5 heteroatoms. The first-order valence-electron chi connectivity index (χ1n) is 5.43. The van der Waals surface area contributed by atoms with Crippen molar-refractivity contribution in [3.05, 3.63) is 28.2 Å². The number of hydrogen-bond acceptors (Lipinski definition) is 3. The highest BCUT2D eigenvalue weighted by molar-refractivity contribution is 5.92. The van der Waals surface area contributed by atoms with Crippen LogP contribution in [0.1, 0.15) is 30.3 Å². The average molecular weight is 221 g/mol. The fourth-order valence-electron chi connectivity index (χ4n) is 1.62. The Labute approximate surface area is 93.5 Å². The topological polar surface area (TPSA) is 64.0 Å². The van der Waals surface area contributed by atoms with E-state index in [0.717, 1.165) is 4.68 Å². The Morgan fingerprint density at radius 3 is 2.81 bits per heavy atom. The van der Waals surface area contributed by atoms with Crippen LogP contribution in [-0.2, 0) is 7.05 Å². The van der Waals surface area contributed by atoms with Crippen molar-refractivity contribution in [3.8, 4) is 0 Å². The van der Waals surface area contributed by atoms with Crippen molar-refractivity contribution in [3.63, 3.8) is 0 Å². The minimum Gasteiger partial charge on any atom is -0.348 e. The number of amides is 1. The van der Waals surface area contributed by atoms with Crippen LogP contribution in [0.2, 0.25) is 0 Å². The Morgan fingerprint density at radius 2 is 2.25 bits per heavy atom. The number of nitrogens with zero attached hydrogens (tertiary/aromatic N) is 2. The molecule has 1 amide bonds. The third-order valence-electron chi connectivity index (χ3n) is 2.88.